The third-order valence-electron chi connectivity index (χ3n) is 4.51. The summed E-state index contributed by atoms with van der Waals surface area (Å²) in [5.74, 6) is 4.12. The Morgan fingerprint density at radius 2 is 1.27 bits per heavy atom. The Morgan fingerprint density at radius 3 is 1.64 bits per heavy atom. The Labute approximate surface area is 70.4 Å². The fourth-order valence-electron chi connectivity index (χ4n) is 3.06. The van der Waals surface area contributed by atoms with Gasteiger partial charge in [0, 0.05) is 0 Å². The van der Waals surface area contributed by atoms with Crippen LogP contribution >= 0.6 is 0 Å². The Bertz CT molecular complexity index is 151. The van der Waals surface area contributed by atoms with Gasteiger partial charge in [0.1, 0.15) is 0 Å². The highest BCUT2D eigenvalue weighted by Gasteiger charge is 2.59. The van der Waals surface area contributed by atoms with E-state index in [1.807, 2.05) is 0 Å². The molecule has 4 atom stereocenters. The minimum atomic E-state index is 0.707. The molecule has 0 bridgehead atoms. The molecule has 64 valence electrons. The van der Waals surface area contributed by atoms with E-state index in [1.54, 1.807) is 0 Å². The highest BCUT2D eigenvalue weighted by Crippen LogP contribution is 2.66. The first-order valence-electron chi connectivity index (χ1n) is 5.03. The van der Waals surface area contributed by atoms with E-state index in [0.29, 0.717) is 5.41 Å². The molecule has 0 spiro atoms. The van der Waals surface area contributed by atoms with Crippen LogP contribution in [0.4, 0.5) is 0 Å². The molecule has 0 aromatic carbocycles. The zero-order chi connectivity index (χ0) is 8.22. The third-order valence-corrected chi connectivity index (χ3v) is 4.51. The average Bonchev–Trinajstić information content (AvgIpc) is 2.39. The second-order valence-electron chi connectivity index (χ2n) is 5.46. The van der Waals surface area contributed by atoms with E-state index in [1.165, 1.54) is 12.8 Å². The minimum Gasteiger partial charge on any atom is -0.0622 e. The Morgan fingerprint density at radius 1 is 0.909 bits per heavy atom. The van der Waals surface area contributed by atoms with Crippen LogP contribution in [0, 0.1) is 29.1 Å². The Hall–Kier alpha value is 0. The highest BCUT2D eigenvalue weighted by atomic mass is 14.6. The van der Waals surface area contributed by atoms with Crippen LogP contribution in [-0.4, -0.2) is 0 Å². The van der Waals surface area contributed by atoms with Gasteiger partial charge in [0.15, 0.2) is 0 Å². The van der Waals surface area contributed by atoms with E-state index >= 15 is 0 Å². The van der Waals surface area contributed by atoms with Crippen LogP contribution in [0.3, 0.4) is 0 Å². The molecule has 2 aliphatic carbocycles. The van der Waals surface area contributed by atoms with Crippen LogP contribution in [0.15, 0.2) is 0 Å². The molecule has 0 radical (unpaired) electrons. The minimum absolute atomic E-state index is 0.707. The van der Waals surface area contributed by atoms with Crippen LogP contribution in [0.25, 0.3) is 0 Å². The monoisotopic (exact) mass is 152 g/mol. The van der Waals surface area contributed by atoms with Gasteiger partial charge in [-0.25, -0.2) is 0 Å². The molecule has 0 amide bonds. The normalized spacial score (nSPS) is 53.5. The second-order valence-corrected chi connectivity index (χ2v) is 5.46. The summed E-state index contributed by atoms with van der Waals surface area (Å²) in [6.07, 6.45) is 3.00. The molecule has 2 rings (SSSR count). The van der Waals surface area contributed by atoms with Crippen LogP contribution in [-0.2, 0) is 0 Å². The van der Waals surface area contributed by atoms with Gasteiger partial charge < -0.3 is 0 Å². The van der Waals surface area contributed by atoms with Crippen molar-refractivity contribution in [3.05, 3.63) is 0 Å². The summed E-state index contributed by atoms with van der Waals surface area (Å²) in [6.45, 7) is 9.75. The average molecular weight is 152 g/mol. The highest BCUT2D eigenvalue weighted by molar-refractivity contribution is 5.08. The Balaban J connectivity index is 2.07. The lowest BCUT2D eigenvalue weighted by molar-refractivity contribution is 0.265. The number of hydrogen-bond donors (Lipinski definition) is 0. The van der Waals surface area contributed by atoms with Gasteiger partial charge in [0.05, 0.1) is 0 Å². The van der Waals surface area contributed by atoms with Crippen molar-refractivity contribution in [3.8, 4) is 0 Å². The first kappa shape index (κ1) is 7.64. The molecule has 0 saturated heterocycles. The Kier molecular flexibility index (Phi) is 1.41. The van der Waals surface area contributed by atoms with Crippen molar-refractivity contribution in [2.45, 2.75) is 40.5 Å². The maximum absolute atomic E-state index is 2.45. The van der Waals surface area contributed by atoms with E-state index in [4.69, 9.17) is 0 Å². The van der Waals surface area contributed by atoms with Gasteiger partial charge in [0.2, 0.25) is 0 Å². The summed E-state index contributed by atoms with van der Waals surface area (Å²) in [4.78, 5) is 0. The summed E-state index contributed by atoms with van der Waals surface area (Å²) < 4.78 is 0. The van der Waals surface area contributed by atoms with Gasteiger partial charge in [-0.2, -0.15) is 0 Å². The predicted molar refractivity (Wildman–Crippen MR) is 48.3 cm³/mol. The standard InChI is InChI=1S/C11H20/c1-7-5-9-10(6-8(7)2)11(9,3)4/h7-10H,5-6H2,1-4H3/t7-,8-,9+,10?/m1/s1. The van der Waals surface area contributed by atoms with Crippen LogP contribution in [0.2, 0.25) is 0 Å². The number of fused-ring (bicyclic) bond motifs is 1. The van der Waals surface area contributed by atoms with Crippen molar-refractivity contribution >= 4 is 0 Å². The molecule has 2 fully saturated rings. The number of rotatable bonds is 0. The SMILES string of the molecule is C[C@@H]1CC2[C@H](C[C@H]1C)C2(C)C. The zero-order valence-electron chi connectivity index (χ0n) is 8.22. The first-order valence-corrected chi connectivity index (χ1v) is 5.03. The molecule has 2 saturated carbocycles. The molecule has 11 heavy (non-hydrogen) atoms. The summed E-state index contributed by atoms with van der Waals surface area (Å²) in [7, 11) is 0. The maximum Gasteiger partial charge on any atom is -0.0292 e. The zero-order valence-corrected chi connectivity index (χ0v) is 8.22. The van der Waals surface area contributed by atoms with Crippen molar-refractivity contribution in [2.24, 2.45) is 29.1 Å². The van der Waals surface area contributed by atoms with Crippen molar-refractivity contribution in [1.29, 1.82) is 0 Å². The predicted octanol–water partition coefficient (Wildman–Crippen LogP) is 3.32. The van der Waals surface area contributed by atoms with E-state index < -0.39 is 0 Å². The molecule has 1 unspecified atom stereocenters. The molecular formula is C11H20. The third kappa shape index (κ3) is 0.947. The topological polar surface area (TPSA) is 0 Å². The van der Waals surface area contributed by atoms with Crippen molar-refractivity contribution in [1.82, 2.24) is 0 Å². The van der Waals surface area contributed by atoms with Gasteiger partial charge in [-0.1, -0.05) is 27.7 Å². The molecule has 0 heterocycles. The summed E-state index contributed by atoms with van der Waals surface area (Å²) >= 11 is 0. The summed E-state index contributed by atoms with van der Waals surface area (Å²) in [5.41, 5.74) is 0.707. The molecular weight excluding hydrogens is 132 g/mol. The van der Waals surface area contributed by atoms with E-state index in [2.05, 4.69) is 27.7 Å². The summed E-state index contributed by atoms with van der Waals surface area (Å²) in [5, 5.41) is 0. The quantitative estimate of drug-likeness (QED) is 0.499. The molecule has 0 aromatic rings. The van der Waals surface area contributed by atoms with Crippen molar-refractivity contribution in [3.63, 3.8) is 0 Å². The van der Waals surface area contributed by atoms with E-state index in [0.717, 1.165) is 23.7 Å². The fourth-order valence-corrected chi connectivity index (χ4v) is 3.06. The van der Waals surface area contributed by atoms with Gasteiger partial charge >= 0.3 is 0 Å². The second kappa shape index (κ2) is 2.02. The van der Waals surface area contributed by atoms with Gasteiger partial charge in [-0.05, 0) is 41.9 Å². The van der Waals surface area contributed by atoms with Gasteiger partial charge in [-0.15, -0.1) is 0 Å². The molecule has 0 heteroatoms. The number of hydrogen-bond acceptors (Lipinski definition) is 0. The fraction of sp³-hybridized carbons (Fsp3) is 1.00. The van der Waals surface area contributed by atoms with Crippen molar-refractivity contribution < 1.29 is 0 Å². The lowest BCUT2D eigenvalue weighted by atomic mass is 9.82. The van der Waals surface area contributed by atoms with Crippen LogP contribution in [0.5, 0.6) is 0 Å². The van der Waals surface area contributed by atoms with Gasteiger partial charge in [-0.3, -0.25) is 0 Å². The molecule has 2 aliphatic rings. The molecule has 0 nitrogen and oxygen atoms in total. The smallest absolute Gasteiger partial charge is 0.0292 e. The summed E-state index contributed by atoms with van der Waals surface area (Å²) in [6, 6.07) is 0. The van der Waals surface area contributed by atoms with E-state index in [-0.39, 0.29) is 0 Å². The van der Waals surface area contributed by atoms with Crippen LogP contribution in [0.1, 0.15) is 40.5 Å². The molecule has 0 aliphatic heterocycles. The first-order chi connectivity index (χ1) is 5.03. The lowest BCUT2D eigenvalue weighted by Crippen LogP contribution is -2.14. The van der Waals surface area contributed by atoms with Crippen molar-refractivity contribution in [2.75, 3.05) is 0 Å². The lowest BCUT2D eigenvalue weighted by Gasteiger charge is -2.24. The largest absolute Gasteiger partial charge is 0.0622 e. The van der Waals surface area contributed by atoms with Gasteiger partial charge in [0.25, 0.3) is 0 Å². The van der Waals surface area contributed by atoms with E-state index in [9.17, 15) is 0 Å². The maximum atomic E-state index is 2.45. The molecule has 0 N–H and O–H groups in total. The molecule has 0 aromatic heterocycles. The van der Waals surface area contributed by atoms with Crippen LogP contribution < -0.4 is 0 Å².